The Morgan fingerprint density at radius 3 is 2.87 bits per heavy atom. The first-order valence-electron chi connectivity index (χ1n) is 7.03. The van der Waals surface area contributed by atoms with Gasteiger partial charge in [0.1, 0.15) is 17.8 Å². The largest absolute Gasteiger partial charge is 0.394 e. The van der Waals surface area contributed by atoms with Gasteiger partial charge in [0.15, 0.2) is 16.9 Å². The number of nitrogens with one attached hydrogen (secondary N) is 1. The molecular weight excluding hydrogens is 306 g/mol. The zero-order valence-corrected chi connectivity index (χ0v) is 13.0. The summed E-state index contributed by atoms with van der Waals surface area (Å²) in [5.41, 5.74) is 2.93. The molecule has 0 unspecified atom stereocenters. The topological polar surface area (TPSA) is 149 Å². The predicted molar refractivity (Wildman–Crippen MR) is 79.6 cm³/mol. The summed E-state index contributed by atoms with van der Waals surface area (Å²) in [4.78, 5) is 22.5. The molecule has 1 aliphatic heterocycles. The molecule has 5 N–H and O–H groups in total. The van der Waals surface area contributed by atoms with Crippen molar-refractivity contribution in [3.63, 3.8) is 0 Å². The van der Waals surface area contributed by atoms with Gasteiger partial charge in [-0.1, -0.05) is 0 Å². The van der Waals surface area contributed by atoms with Crippen molar-refractivity contribution >= 4 is 17.1 Å². The SMILES string of the molecule is CO[C@]1(C)[C@H](O)[C@@H](CO)O[C@@]1(C)n1cnc2c(=O)[nH]c(N)nc21. The van der Waals surface area contributed by atoms with Crippen LogP contribution in [0.4, 0.5) is 5.95 Å². The van der Waals surface area contributed by atoms with Crippen LogP contribution in [0.15, 0.2) is 11.1 Å². The number of rotatable bonds is 3. The van der Waals surface area contributed by atoms with Gasteiger partial charge in [-0.15, -0.1) is 0 Å². The molecule has 3 rings (SSSR count). The van der Waals surface area contributed by atoms with Crippen molar-refractivity contribution in [1.29, 1.82) is 0 Å². The van der Waals surface area contributed by atoms with Crippen molar-refractivity contribution < 1.29 is 19.7 Å². The molecule has 0 saturated carbocycles. The highest BCUT2D eigenvalue weighted by molar-refractivity contribution is 5.71. The van der Waals surface area contributed by atoms with Crippen LogP contribution in [0.2, 0.25) is 0 Å². The third kappa shape index (κ3) is 1.92. The molecule has 2 aromatic heterocycles. The Morgan fingerprint density at radius 1 is 1.57 bits per heavy atom. The highest BCUT2D eigenvalue weighted by Gasteiger charge is 2.62. The second-order valence-electron chi connectivity index (χ2n) is 5.82. The minimum absolute atomic E-state index is 0.0655. The fraction of sp³-hybridized carbons (Fsp3) is 0.615. The monoisotopic (exact) mass is 325 g/mol. The number of fused-ring (bicyclic) bond motifs is 1. The van der Waals surface area contributed by atoms with Crippen molar-refractivity contribution in [2.75, 3.05) is 19.5 Å². The standard InChI is InChI=1S/C13H19N5O5/c1-12(22-3)8(20)6(4-19)23-13(12,2)18-5-15-7-9(18)16-11(14)17-10(7)21/h5-6,8,19-20H,4H2,1-3H3,(H3,14,16,17,21)/t6-,8-,12-,13-/m1/s1. The zero-order valence-electron chi connectivity index (χ0n) is 13.0. The van der Waals surface area contributed by atoms with Gasteiger partial charge in [-0.2, -0.15) is 4.98 Å². The van der Waals surface area contributed by atoms with E-state index in [1.54, 1.807) is 13.8 Å². The Kier molecular flexibility index (Phi) is 3.45. The van der Waals surface area contributed by atoms with E-state index in [0.717, 1.165) is 0 Å². The minimum atomic E-state index is -1.27. The maximum absolute atomic E-state index is 11.9. The van der Waals surface area contributed by atoms with Crippen molar-refractivity contribution in [3.05, 3.63) is 16.7 Å². The number of anilines is 1. The second-order valence-corrected chi connectivity index (χ2v) is 5.82. The molecule has 10 nitrogen and oxygen atoms in total. The maximum Gasteiger partial charge on any atom is 0.280 e. The molecule has 1 saturated heterocycles. The molecule has 3 heterocycles. The van der Waals surface area contributed by atoms with E-state index in [1.165, 1.54) is 18.0 Å². The van der Waals surface area contributed by atoms with Crippen LogP contribution in [0.1, 0.15) is 13.8 Å². The van der Waals surface area contributed by atoms with E-state index in [9.17, 15) is 15.0 Å². The van der Waals surface area contributed by atoms with Crippen LogP contribution < -0.4 is 11.3 Å². The summed E-state index contributed by atoms with van der Waals surface area (Å²) in [5, 5.41) is 19.9. The van der Waals surface area contributed by atoms with Gasteiger partial charge in [0.25, 0.3) is 5.56 Å². The Balaban J connectivity index is 2.26. The van der Waals surface area contributed by atoms with Crippen LogP contribution in [0.3, 0.4) is 0 Å². The lowest BCUT2D eigenvalue weighted by molar-refractivity contribution is -0.188. The number of ether oxygens (including phenoxy) is 2. The van der Waals surface area contributed by atoms with Crippen LogP contribution >= 0.6 is 0 Å². The molecule has 0 aliphatic carbocycles. The molecule has 10 heteroatoms. The lowest BCUT2D eigenvalue weighted by Gasteiger charge is -2.40. The fourth-order valence-electron chi connectivity index (χ4n) is 3.09. The number of aliphatic hydroxyl groups is 2. The van der Waals surface area contributed by atoms with E-state index in [0.29, 0.717) is 0 Å². The van der Waals surface area contributed by atoms with Crippen molar-refractivity contribution in [1.82, 2.24) is 19.5 Å². The van der Waals surface area contributed by atoms with E-state index in [1.807, 2.05) is 0 Å². The van der Waals surface area contributed by atoms with Crippen LogP contribution in [0.25, 0.3) is 11.2 Å². The zero-order chi connectivity index (χ0) is 17.0. The molecule has 126 valence electrons. The average Bonchev–Trinajstić information content (AvgIpc) is 3.02. The minimum Gasteiger partial charge on any atom is -0.394 e. The number of imidazole rings is 1. The summed E-state index contributed by atoms with van der Waals surface area (Å²) in [6.45, 7) is 2.92. The lowest BCUT2D eigenvalue weighted by atomic mass is 9.88. The summed E-state index contributed by atoms with van der Waals surface area (Å²) in [6.07, 6.45) is -0.586. The van der Waals surface area contributed by atoms with Gasteiger partial charge >= 0.3 is 0 Å². The number of hydrogen-bond donors (Lipinski definition) is 4. The number of nitrogen functional groups attached to an aromatic ring is 1. The number of nitrogens with two attached hydrogens (primary N) is 1. The van der Waals surface area contributed by atoms with E-state index in [2.05, 4.69) is 15.0 Å². The number of hydrogen-bond acceptors (Lipinski definition) is 8. The van der Waals surface area contributed by atoms with Crippen LogP contribution in [0.5, 0.6) is 0 Å². The molecule has 0 aromatic carbocycles. The van der Waals surface area contributed by atoms with Crippen molar-refractivity contribution in [3.8, 4) is 0 Å². The van der Waals surface area contributed by atoms with Gasteiger partial charge in [-0.3, -0.25) is 14.3 Å². The van der Waals surface area contributed by atoms with E-state index < -0.39 is 35.7 Å². The molecule has 23 heavy (non-hydrogen) atoms. The molecule has 0 radical (unpaired) electrons. The Labute approximate surface area is 130 Å². The fourth-order valence-corrected chi connectivity index (χ4v) is 3.09. The quantitative estimate of drug-likeness (QED) is 0.534. The number of aliphatic hydroxyl groups excluding tert-OH is 2. The van der Waals surface area contributed by atoms with Gasteiger partial charge in [0.05, 0.1) is 12.9 Å². The van der Waals surface area contributed by atoms with Gasteiger partial charge in [0, 0.05) is 7.11 Å². The van der Waals surface area contributed by atoms with Gasteiger partial charge in [-0.25, -0.2) is 4.98 Å². The number of aromatic amines is 1. The Bertz CT molecular complexity index is 804. The first-order valence-corrected chi connectivity index (χ1v) is 7.03. The molecular formula is C13H19N5O5. The number of H-pyrrole nitrogens is 1. The molecule has 4 atom stereocenters. The smallest absolute Gasteiger partial charge is 0.280 e. The second kappa shape index (κ2) is 4.99. The van der Waals surface area contributed by atoms with Gasteiger partial charge < -0.3 is 25.4 Å². The lowest BCUT2D eigenvalue weighted by Crippen LogP contribution is -2.55. The Hall–Kier alpha value is -2.01. The molecule has 0 bridgehead atoms. The average molecular weight is 325 g/mol. The van der Waals surface area contributed by atoms with Crippen molar-refractivity contribution in [2.24, 2.45) is 0 Å². The number of methoxy groups -OCH3 is 1. The molecule has 1 aliphatic rings. The predicted octanol–water partition coefficient (Wildman–Crippen LogP) is -1.47. The summed E-state index contributed by atoms with van der Waals surface area (Å²) >= 11 is 0. The molecule has 0 spiro atoms. The highest BCUT2D eigenvalue weighted by atomic mass is 16.6. The third-order valence-corrected chi connectivity index (χ3v) is 4.71. The summed E-state index contributed by atoms with van der Waals surface area (Å²) in [7, 11) is 1.43. The van der Waals surface area contributed by atoms with Crippen LogP contribution in [-0.4, -0.2) is 61.3 Å². The number of aromatic nitrogens is 4. The summed E-state index contributed by atoms with van der Waals surface area (Å²) < 4.78 is 12.8. The summed E-state index contributed by atoms with van der Waals surface area (Å²) in [6, 6.07) is 0. The maximum atomic E-state index is 11.9. The van der Waals surface area contributed by atoms with E-state index >= 15 is 0 Å². The van der Waals surface area contributed by atoms with Crippen LogP contribution in [-0.2, 0) is 15.2 Å². The Morgan fingerprint density at radius 2 is 2.26 bits per heavy atom. The number of nitrogens with zero attached hydrogens (tertiary/aromatic N) is 3. The van der Waals surface area contributed by atoms with Crippen LogP contribution in [0, 0.1) is 0 Å². The highest BCUT2D eigenvalue weighted by Crippen LogP contribution is 2.46. The first-order chi connectivity index (χ1) is 10.8. The van der Waals surface area contributed by atoms with E-state index in [4.69, 9.17) is 15.2 Å². The molecule has 1 fully saturated rings. The first kappa shape index (κ1) is 15.9. The van der Waals surface area contributed by atoms with E-state index in [-0.39, 0.29) is 17.1 Å². The third-order valence-electron chi connectivity index (χ3n) is 4.71. The van der Waals surface area contributed by atoms with Gasteiger partial charge in [0.2, 0.25) is 5.95 Å². The summed E-state index contributed by atoms with van der Waals surface area (Å²) in [5.74, 6) is -0.0655. The van der Waals surface area contributed by atoms with Gasteiger partial charge in [-0.05, 0) is 13.8 Å². The normalized spacial score (nSPS) is 34.3. The molecule has 2 aromatic rings. The molecule has 0 amide bonds. The van der Waals surface area contributed by atoms with Crippen molar-refractivity contribution in [2.45, 2.75) is 37.4 Å².